The first-order valence-corrected chi connectivity index (χ1v) is 6.67. The average Bonchev–Trinajstić information content (AvgIpc) is 2.30. The predicted octanol–water partition coefficient (Wildman–Crippen LogP) is 2.63. The molecule has 0 heterocycles. The van der Waals surface area contributed by atoms with Gasteiger partial charge in [-0.05, 0) is 31.8 Å². The van der Waals surface area contributed by atoms with E-state index in [9.17, 15) is 0 Å². The van der Waals surface area contributed by atoms with Crippen LogP contribution in [0.25, 0.3) is 0 Å². The van der Waals surface area contributed by atoms with Gasteiger partial charge in [0.2, 0.25) is 0 Å². The second-order valence-electron chi connectivity index (χ2n) is 4.97. The molecule has 1 aliphatic rings. The van der Waals surface area contributed by atoms with E-state index >= 15 is 0 Å². The minimum absolute atomic E-state index is 0.322. The highest BCUT2D eigenvalue weighted by molar-refractivity contribution is 4.95. The first kappa shape index (κ1) is 13.0. The van der Waals surface area contributed by atoms with Crippen LogP contribution >= 0.6 is 0 Å². The Balaban J connectivity index is 2.73. The van der Waals surface area contributed by atoms with Crippen molar-refractivity contribution in [2.24, 2.45) is 11.7 Å². The Labute approximate surface area is 95.2 Å². The van der Waals surface area contributed by atoms with Crippen LogP contribution in [-0.4, -0.2) is 30.1 Å². The fraction of sp³-hybridized carbons (Fsp3) is 1.00. The zero-order valence-corrected chi connectivity index (χ0v) is 10.8. The van der Waals surface area contributed by atoms with E-state index in [-0.39, 0.29) is 0 Å². The second kappa shape index (κ2) is 5.86. The summed E-state index contributed by atoms with van der Waals surface area (Å²) in [6, 6.07) is 0. The minimum atomic E-state index is 0.322. The first-order valence-electron chi connectivity index (χ1n) is 6.67. The summed E-state index contributed by atoms with van der Waals surface area (Å²) in [5.74, 6) is 0.905. The quantitative estimate of drug-likeness (QED) is 0.759. The number of nitrogens with two attached hydrogens (primary N) is 1. The molecule has 2 nitrogen and oxygen atoms in total. The predicted molar refractivity (Wildman–Crippen MR) is 67.0 cm³/mol. The lowest BCUT2D eigenvalue weighted by molar-refractivity contribution is 0.0432. The van der Waals surface area contributed by atoms with Crippen molar-refractivity contribution >= 4 is 0 Å². The Morgan fingerprint density at radius 2 is 1.93 bits per heavy atom. The average molecular weight is 212 g/mol. The summed E-state index contributed by atoms with van der Waals surface area (Å²) in [5.41, 5.74) is 6.39. The fourth-order valence-electron chi connectivity index (χ4n) is 3.31. The molecule has 2 N–H and O–H groups in total. The zero-order chi connectivity index (χ0) is 11.3. The number of likely N-dealkylation sites (N-methyl/N-ethyl adjacent to an activating group) is 1. The molecule has 0 aromatic carbocycles. The van der Waals surface area contributed by atoms with Crippen molar-refractivity contribution in [3.8, 4) is 0 Å². The summed E-state index contributed by atoms with van der Waals surface area (Å²) in [6.45, 7) is 9.96. The van der Waals surface area contributed by atoms with Crippen molar-refractivity contribution in [3.63, 3.8) is 0 Å². The van der Waals surface area contributed by atoms with Gasteiger partial charge in [0.15, 0.2) is 0 Å². The molecule has 0 amide bonds. The van der Waals surface area contributed by atoms with E-state index in [1.807, 2.05) is 0 Å². The summed E-state index contributed by atoms with van der Waals surface area (Å²) < 4.78 is 0. The van der Waals surface area contributed by atoms with E-state index in [4.69, 9.17) is 5.73 Å². The zero-order valence-electron chi connectivity index (χ0n) is 10.8. The van der Waals surface area contributed by atoms with Crippen LogP contribution in [0.5, 0.6) is 0 Å². The molecular formula is C13H28N2. The van der Waals surface area contributed by atoms with Crippen LogP contribution in [0.3, 0.4) is 0 Å². The van der Waals surface area contributed by atoms with E-state index < -0.39 is 0 Å². The molecule has 90 valence electrons. The Morgan fingerprint density at radius 1 is 1.27 bits per heavy atom. The monoisotopic (exact) mass is 212 g/mol. The lowest BCUT2D eigenvalue weighted by Crippen LogP contribution is -2.56. The molecule has 0 saturated heterocycles. The van der Waals surface area contributed by atoms with E-state index in [0.717, 1.165) is 25.6 Å². The molecule has 1 rings (SSSR count). The number of rotatable bonds is 5. The summed E-state index contributed by atoms with van der Waals surface area (Å²) in [7, 11) is 0. The molecular weight excluding hydrogens is 184 g/mol. The van der Waals surface area contributed by atoms with Gasteiger partial charge >= 0.3 is 0 Å². The third-order valence-corrected chi connectivity index (χ3v) is 4.31. The first-order chi connectivity index (χ1) is 7.22. The Bertz CT molecular complexity index is 177. The van der Waals surface area contributed by atoms with Gasteiger partial charge in [-0.1, -0.05) is 40.0 Å². The van der Waals surface area contributed by atoms with Crippen molar-refractivity contribution in [2.75, 3.05) is 19.6 Å². The normalized spacial score (nSPS) is 32.2. The van der Waals surface area contributed by atoms with Crippen LogP contribution in [0.1, 0.15) is 52.9 Å². The maximum absolute atomic E-state index is 6.07. The molecule has 2 atom stereocenters. The molecule has 0 spiro atoms. The Hall–Kier alpha value is -0.0800. The lowest BCUT2D eigenvalue weighted by Gasteiger charge is -2.47. The highest BCUT2D eigenvalue weighted by Crippen LogP contribution is 2.37. The van der Waals surface area contributed by atoms with Gasteiger partial charge in [-0.3, -0.25) is 4.90 Å². The molecule has 2 heteroatoms. The van der Waals surface area contributed by atoms with Crippen molar-refractivity contribution in [1.29, 1.82) is 0 Å². The smallest absolute Gasteiger partial charge is 0.0334 e. The number of hydrogen-bond donors (Lipinski definition) is 1. The molecule has 0 bridgehead atoms. The topological polar surface area (TPSA) is 29.3 Å². The van der Waals surface area contributed by atoms with Crippen molar-refractivity contribution < 1.29 is 0 Å². The van der Waals surface area contributed by atoms with Gasteiger partial charge in [0.1, 0.15) is 0 Å². The molecule has 1 saturated carbocycles. The molecule has 2 unspecified atom stereocenters. The van der Waals surface area contributed by atoms with Crippen molar-refractivity contribution in [3.05, 3.63) is 0 Å². The van der Waals surface area contributed by atoms with Crippen LogP contribution in [0.4, 0.5) is 0 Å². The van der Waals surface area contributed by atoms with Crippen LogP contribution in [-0.2, 0) is 0 Å². The maximum atomic E-state index is 6.07. The van der Waals surface area contributed by atoms with Crippen LogP contribution in [0.15, 0.2) is 0 Å². The van der Waals surface area contributed by atoms with Crippen molar-refractivity contribution in [1.82, 2.24) is 4.90 Å². The van der Waals surface area contributed by atoms with Crippen LogP contribution < -0.4 is 5.73 Å². The van der Waals surface area contributed by atoms with E-state index in [2.05, 4.69) is 25.7 Å². The SMILES string of the molecule is CCC1CCCC(CN)(N(CC)CC)C1. The molecule has 1 fully saturated rings. The van der Waals surface area contributed by atoms with E-state index in [1.54, 1.807) is 0 Å². The van der Waals surface area contributed by atoms with Gasteiger partial charge in [0.25, 0.3) is 0 Å². The summed E-state index contributed by atoms with van der Waals surface area (Å²) in [4.78, 5) is 2.59. The molecule has 0 aromatic rings. The third kappa shape index (κ3) is 2.73. The van der Waals surface area contributed by atoms with Gasteiger partial charge in [0, 0.05) is 12.1 Å². The lowest BCUT2D eigenvalue weighted by atomic mass is 9.73. The second-order valence-corrected chi connectivity index (χ2v) is 4.97. The van der Waals surface area contributed by atoms with Gasteiger partial charge in [-0.15, -0.1) is 0 Å². The highest BCUT2D eigenvalue weighted by atomic mass is 15.2. The van der Waals surface area contributed by atoms with E-state index in [0.29, 0.717) is 5.54 Å². The van der Waals surface area contributed by atoms with Gasteiger partial charge in [-0.25, -0.2) is 0 Å². The van der Waals surface area contributed by atoms with Crippen LogP contribution in [0, 0.1) is 5.92 Å². The Kier molecular flexibility index (Phi) is 5.07. The Morgan fingerprint density at radius 3 is 2.40 bits per heavy atom. The van der Waals surface area contributed by atoms with Crippen molar-refractivity contribution in [2.45, 2.75) is 58.4 Å². The fourth-order valence-corrected chi connectivity index (χ4v) is 3.31. The third-order valence-electron chi connectivity index (χ3n) is 4.31. The highest BCUT2D eigenvalue weighted by Gasteiger charge is 2.38. The van der Waals surface area contributed by atoms with Gasteiger partial charge < -0.3 is 5.73 Å². The number of nitrogens with zero attached hydrogens (tertiary/aromatic N) is 1. The summed E-state index contributed by atoms with van der Waals surface area (Å²) in [6.07, 6.45) is 6.73. The molecule has 0 aromatic heterocycles. The molecule has 0 radical (unpaired) electrons. The molecule has 0 aliphatic heterocycles. The van der Waals surface area contributed by atoms with Gasteiger partial charge in [-0.2, -0.15) is 0 Å². The maximum Gasteiger partial charge on any atom is 0.0334 e. The largest absolute Gasteiger partial charge is 0.329 e. The molecule has 1 aliphatic carbocycles. The minimum Gasteiger partial charge on any atom is -0.329 e. The standard InChI is InChI=1S/C13H28N2/c1-4-12-8-7-9-13(10-12,11-14)15(5-2)6-3/h12H,4-11,14H2,1-3H3. The molecule has 15 heavy (non-hydrogen) atoms. The summed E-state index contributed by atoms with van der Waals surface area (Å²) in [5, 5.41) is 0. The number of hydrogen-bond acceptors (Lipinski definition) is 2. The van der Waals surface area contributed by atoms with E-state index in [1.165, 1.54) is 32.1 Å². The summed E-state index contributed by atoms with van der Waals surface area (Å²) >= 11 is 0. The van der Waals surface area contributed by atoms with Gasteiger partial charge in [0.05, 0.1) is 0 Å². The van der Waals surface area contributed by atoms with Crippen LogP contribution in [0.2, 0.25) is 0 Å².